The maximum absolute atomic E-state index is 9.59. The molecule has 3 atom stereocenters. The van der Waals surface area contributed by atoms with E-state index in [1.165, 1.54) is 5.57 Å². The predicted octanol–water partition coefficient (Wildman–Crippen LogP) is 2.44. The molecule has 0 unspecified atom stereocenters. The van der Waals surface area contributed by atoms with Crippen molar-refractivity contribution < 1.29 is 9.84 Å². The first-order valence-electron chi connectivity index (χ1n) is 5.61. The molecule has 0 amide bonds. The number of hydrogen-bond acceptors (Lipinski definition) is 2. The van der Waals surface area contributed by atoms with Gasteiger partial charge in [-0.15, -0.1) is 0 Å². The van der Waals surface area contributed by atoms with Crippen molar-refractivity contribution in [1.82, 2.24) is 0 Å². The molecule has 2 rings (SSSR count). The van der Waals surface area contributed by atoms with Crippen LogP contribution < -0.4 is 0 Å². The van der Waals surface area contributed by atoms with E-state index in [0.717, 1.165) is 6.42 Å². The zero-order chi connectivity index (χ0) is 11.3. The van der Waals surface area contributed by atoms with Crippen molar-refractivity contribution in [3.8, 4) is 0 Å². The number of fused-ring (bicyclic) bond motifs is 1. The molecule has 1 aliphatic carbocycles. The van der Waals surface area contributed by atoms with Crippen LogP contribution in [0.5, 0.6) is 0 Å². The summed E-state index contributed by atoms with van der Waals surface area (Å²) >= 11 is 0. The number of allylic oxidation sites excluding steroid dienone is 1. The van der Waals surface area contributed by atoms with Crippen molar-refractivity contribution in [2.24, 2.45) is 5.41 Å². The summed E-state index contributed by atoms with van der Waals surface area (Å²) in [6, 6.07) is 0. The first kappa shape index (κ1) is 10.9. The van der Waals surface area contributed by atoms with Gasteiger partial charge in [0.1, 0.15) is 11.7 Å². The standard InChI is InChI=1S/C13H20O2/c1-9(14)10-8-11-12(2,3)6-5-7-13(11,4)15-10/h5,7-10,14H,6H2,1-4H3/t9-,10-,13-/m1/s1. The molecule has 2 nitrogen and oxygen atoms in total. The minimum atomic E-state index is -0.441. The number of aliphatic hydroxyl groups excluding tert-OH is 1. The zero-order valence-electron chi connectivity index (χ0n) is 9.95. The van der Waals surface area contributed by atoms with Gasteiger partial charge in [0, 0.05) is 0 Å². The van der Waals surface area contributed by atoms with Crippen LogP contribution in [0.2, 0.25) is 0 Å². The molecular weight excluding hydrogens is 188 g/mol. The Morgan fingerprint density at radius 2 is 2.13 bits per heavy atom. The Hall–Kier alpha value is -0.600. The largest absolute Gasteiger partial charge is 0.390 e. The van der Waals surface area contributed by atoms with Crippen LogP contribution in [0.3, 0.4) is 0 Å². The van der Waals surface area contributed by atoms with E-state index in [9.17, 15) is 5.11 Å². The Morgan fingerprint density at radius 1 is 1.47 bits per heavy atom. The fraction of sp³-hybridized carbons (Fsp3) is 0.692. The lowest BCUT2D eigenvalue weighted by atomic mass is 9.70. The van der Waals surface area contributed by atoms with Crippen molar-refractivity contribution in [2.75, 3.05) is 0 Å². The minimum absolute atomic E-state index is 0.146. The Balaban J connectivity index is 2.39. The van der Waals surface area contributed by atoms with E-state index >= 15 is 0 Å². The molecule has 0 saturated heterocycles. The molecule has 2 aliphatic rings. The summed E-state index contributed by atoms with van der Waals surface area (Å²) in [6.07, 6.45) is 6.85. The molecule has 0 aromatic heterocycles. The van der Waals surface area contributed by atoms with E-state index in [2.05, 4.69) is 39.0 Å². The predicted molar refractivity (Wildman–Crippen MR) is 60.6 cm³/mol. The summed E-state index contributed by atoms with van der Waals surface area (Å²) in [5.41, 5.74) is 1.15. The van der Waals surface area contributed by atoms with Gasteiger partial charge in [0.15, 0.2) is 0 Å². The van der Waals surface area contributed by atoms with Gasteiger partial charge in [-0.25, -0.2) is 0 Å². The van der Waals surface area contributed by atoms with Crippen LogP contribution in [-0.4, -0.2) is 22.9 Å². The van der Waals surface area contributed by atoms with Crippen LogP contribution >= 0.6 is 0 Å². The summed E-state index contributed by atoms with van der Waals surface area (Å²) in [5, 5.41) is 9.59. The molecule has 0 bridgehead atoms. The van der Waals surface area contributed by atoms with E-state index < -0.39 is 6.10 Å². The maximum atomic E-state index is 9.59. The van der Waals surface area contributed by atoms with Crippen LogP contribution in [0.1, 0.15) is 34.1 Å². The highest BCUT2D eigenvalue weighted by molar-refractivity contribution is 5.38. The van der Waals surface area contributed by atoms with Crippen molar-refractivity contribution in [3.05, 3.63) is 23.8 Å². The van der Waals surface area contributed by atoms with Gasteiger partial charge >= 0.3 is 0 Å². The lowest BCUT2D eigenvalue weighted by Crippen LogP contribution is -2.37. The Labute approximate surface area is 91.6 Å². The number of rotatable bonds is 1. The number of aliphatic hydroxyl groups is 1. The highest BCUT2D eigenvalue weighted by Gasteiger charge is 2.45. The van der Waals surface area contributed by atoms with Gasteiger partial charge in [-0.05, 0) is 31.3 Å². The fourth-order valence-corrected chi connectivity index (χ4v) is 2.66. The molecule has 15 heavy (non-hydrogen) atoms. The van der Waals surface area contributed by atoms with Gasteiger partial charge in [-0.3, -0.25) is 0 Å². The average Bonchev–Trinajstić information content (AvgIpc) is 2.43. The second-order valence-corrected chi connectivity index (χ2v) is 5.50. The lowest BCUT2D eigenvalue weighted by molar-refractivity contribution is -0.0476. The Kier molecular flexibility index (Phi) is 2.32. The maximum Gasteiger partial charge on any atom is 0.106 e. The third kappa shape index (κ3) is 1.66. The van der Waals surface area contributed by atoms with Gasteiger partial charge in [0.25, 0.3) is 0 Å². The molecule has 0 fully saturated rings. The molecule has 0 spiro atoms. The summed E-state index contributed by atoms with van der Waals surface area (Å²) in [5.74, 6) is 0. The van der Waals surface area contributed by atoms with E-state index in [1.54, 1.807) is 6.92 Å². The molecular formula is C13H20O2. The zero-order valence-corrected chi connectivity index (χ0v) is 9.95. The number of ether oxygens (including phenoxy) is 1. The number of hydrogen-bond donors (Lipinski definition) is 1. The highest BCUT2D eigenvalue weighted by Crippen LogP contribution is 2.48. The van der Waals surface area contributed by atoms with Gasteiger partial charge in [0.2, 0.25) is 0 Å². The van der Waals surface area contributed by atoms with Gasteiger partial charge < -0.3 is 9.84 Å². The lowest BCUT2D eigenvalue weighted by Gasteiger charge is -2.38. The SMILES string of the molecule is C[C@@H](O)[C@H]1C=C2C(C)(C)CC=C[C@@]2(C)O1. The van der Waals surface area contributed by atoms with E-state index in [4.69, 9.17) is 4.74 Å². The second kappa shape index (κ2) is 3.19. The molecule has 0 saturated carbocycles. The molecule has 0 aromatic rings. The molecule has 84 valence electrons. The molecule has 1 aliphatic heterocycles. The van der Waals surface area contributed by atoms with Crippen LogP contribution in [0.25, 0.3) is 0 Å². The monoisotopic (exact) mass is 208 g/mol. The van der Waals surface area contributed by atoms with E-state index in [-0.39, 0.29) is 17.1 Å². The molecule has 0 aromatic carbocycles. The van der Waals surface area contributed by atoms with E-state index in [1.807, 2.05) is 0 Å². The normalized spacial score (nSPS) is 39.8. The fourth-order valence-electron chi connectivity index (χ4n) is 2.66. The van der Waals surface area contributed by atoms with Crippen molar-refractivity contribution in [3.63, 3.8) is 0 Å². The summed E-state index contributed by atoms with van der Waals surface area (Å²) in [7, 11) is 0. The van der Waals surface area contributed by atoms with Crippen molar-refractivity contribution >= 4 is 0 Å². The first-order valence-corrected chi connectivity index (χ1v) is 5.61. The average molecular weight is 208 g/mol. The summed E-state index contributed by atoms with van der Waals surface area (Å²) < 4.78 is 5.92. The Morgan fingerprint density at radius 3 is 2.67 bits per heavy atom. The molecule has 2 heteroatoms. The summed E-state index contributed by atoms with van der Waals surface area (Å²) in [4.78, 5) is 0. The van der Waals surface area contributed by atoms with Gasteiger partial charge in [-0.2, -0.15) is 0 Å². The first-order chi connectivity index (χ1) is 6.85. The Bertz CT molecular complexity index is 325. The van der Waals surface area contributed by atoms with E-state index in [0.29, 0.717) is 0 Å². The topological polar surface area (TPSA) is 29.5 Å². The second-order valence-electron chi connectivity index (χ2n) is 5.50. The van der Waals surface area contributed by atoms with Crippen LogP contribution in [0.4, 0.5) is 0 Å². The highest BCUT2D eigenvalue weighted by atomic mass is 16.5. The quantitative estimate of drug-likeness (QED) is 0.671. The third-order valence-electron chi connectivity index (χ3n) is 3.52. The van der Waals surface area contributed by atoms with Crippen molar-refractivity contribution in [1.29, 1.82) is 0 Å². The van der Waals surface area contributed by atoms with Crippen LogP contribution in [0, 0.1) is 5.41 Å². The van der Waals surface area contributed by atoms with Gasteiger partial charge in [0.05, 0.1) is 6.10 Å². The third-order valence-corrected chi connectivity index (χ3v) is 3.52. The smallest absolute Gasteiger partial charge is 0.106 e. The van der Waals surface area contributed by atoms with Crippen LogP contribution in [0.15, 0.2) is 23.8 Å². The van der Waals surface area contributed by atoms with Gasteiger partial charge in [-0.1, -0.05) is 32.1 Å². The molecule has 0 radical (unpaired) electrons. The van der Waals surface area contributed by atoms with Crippen LogP contribution in [-0.2, 0) is 4.74 Å². The minimum Gasteiger partial charge on any atom is -0.390 e. The van der Waals surface area contributed by atoms with Crippen molar-refractivity contribution in [2.45, 2.75) is 51.9 Å². The molecule has 1 heterocycles. The molecule has 1 N–H and O–H groups in total. The summed E-state index contributed by atoms with van der Waals surface area (Å²) in [6.45, 7) is 8.32.